The third-order valence-corrected chi connectivity index (χ3v) is 6.64. The second kappa shape index (κ2) is 12.3. The zero-order chi connectivity index (χ0) is 28.0. The Labute approximate surface area is 221 Å². The molecule has 13 heteroatoms. The van der Waals surface area contributed by atoms with E-state index in [1.165, 1.54) is 12.3 Å². The molecule has 0 radical (unpaired) electrons. The van der Waals surface area contributed by atoms with Gasteiger partial charge in [0.1, 0.15) is 12.3 Å². The first-order chi connectivity index (χ1) is 18.6. The molecule has 1 unspecified atom stereocenters. The predicted molar refractivity (Wildman–Crippen MR) is 132 cm³/mol. The van der Waals surface area contributed by atoms with Gasteiger partial charge < -0.3 is 10.6 Å². The maximum absolute atomic E-state index is 13.2. The maximum Gasteiger partial charge on any atom is 0.522 e. The van der Waals surface area contributed by atoms with Crippen LogP contribution in [-0.2, 0) is 19.1 Å². The summed E-state index contributed by atoms with van der Waals surface area (Å²) in [7, 11) is 0. The van der Waals surface area contributed by atoms with Crippen LogP contribution in [0.25, 0.3) is 11.3 Å². The molecule has 3 N–H and O–H groups in total. The smallest absolute Gasteiger partial charge is 0.356 e. The number of H-pyrrole nitrogens is 1. The number of benzene rings is 1. The van der Waals surface area contributed by atoms with E-state index in [0.717, 1.165) is 18.4 Å². The van der Waals surface area contributed by atoms with Crippen LogP contribution in [0.4, 0.5) is 13.2 Å². The van der Waals surface area contributed by atoms with Gasteiger partial charge in [0, 0.05) is 24.2 Å². The lowest BCUT2D eigenvalue weighted by Crippen LogP contribution is -2.47. The Morgan fingerprint density at radius 3 is 2.54 bits per heavy atom. The molecular weight excluding hydrogens is 519 g/mol. The van der Waals surface area contributed by atoms with E-state index in [1.54, 1.807) is 0 Å². The van der Waals surface area contributed by atoms with Crippen LogP contribution in [0.5, 0.6) is 0 Å². The number of aliphatic imine (C=N–C) groups is 1. The quantitative estimate of drug-likeness (QED) is 0.349. The van der Waals surface area contributed by atoms with Gasteiger partial charge in [-0.2, -0.15) is 5.10 Å². The lowest BCUT2D eigenvalue weighted by molar-refractivity contribution is -0.321. The number of aromatic nitrogens is 2. The number of ether oxygens (including phenoxy) is 1. The Morgan fingerprint density at radius 2 is 1.90 bits per heavy atom. The number of hydrogen-bond donors (Lipinski definition) is 3. The zero-order valence-electron chi connectivity index (χ0n) is 20.9. The van der Waals surface area contributed by atoms with Crippen LogP contribution in [0.15, 0.2) is 41.4 Å². The molecule has 4 rings (SSSR count). The molecule has 2 fully saturated rings. The van der Waals surface area contributed by atoms with E-state index in [1.807, 2.05) is 30.3 Å². The van der Waals surface area contributed by atoms with Gasteiger partial charge in [0.2, 0.25) is 11.8 Å². The molecule has 208 valence electrons. The summed E-state index contributed by atoms with van der Waals surface area (Å²) in [5, 5.41) is 11.8. The van der Waals surface area contributed by atoms with Gasteiger partial charge in [-0.25, -0.2) is 4.99 Å². The summed E-state index contributed by atoms with van der Waals surface area (Å²) in [5.41, 5.74) is 1.45. The van der Waals surface area contributed by atoms with E-state index in [2.05, 4.69) is 30.6 Å². The summed E-state index contributed by atoms with van der Waals surface area (Å²) in [6.07, 6.45) is -1.49. The molecule has 10 nitrogen and oxygen atoms in total. The van der Waals surface area contributed by atoms with Crippen LogP contribution in [0, 0.1) is 17.8 Å². The van der Waals surface area contributed by atoms with Crippen LogP contribution in [-0.4, -0.2) is 65.5 Å². The van der Waals surface area contributed by atoms with E-state index in [0.29, 0.717) is 25.1 Å². The number of Topliss-reactive ketones (excluding diaryl/α,β-unsaturated/α-hetero) is 1. The Balaban J connectivity index is 1.45. The highest BCUT2D eigenvalue weighted by atomic mass is 19.4. The van der Waals surface area contributed by atoms with Crippen molar-refractivity contribution < 1.29 is 37.1 Å². The lowest BCUT2D eigenvalue weighted by Gasteiger charge is -2.22. The zero-order valence-corrected chi connectivity index (χ0v) is 20.9. The van der Waals surface area contributed by atoms with Gasteiger partial charge in [-0.1, -0.05) is 43.2 Å². The summed E-state index contributed by atoms with van der Waals surface area (Å²) in [6, 6.07) is 9.33. The Bertz CT molecular complexity index is 1230. The van der Waals surface area contributed by atoms with Crippen LogP contribution >= 0.6 is 0 Å². The number of nitrogens with one attached hydrogen (secondary N) is 3. The summed E-state index contributed by atoms with van der Waals surface area (Å²) in [6.45, 7) is -0.928. The molecule has 39 heavy (non-hydrogen) atoms. The normalized spacial score (nSPS) is 19.1. The first-order valence-electron chi connectivity index (χ1n) is 12.6. The van der Waals surface area contributed by atoms with Crippen LogP contribution in [0.1, 0.15) is 42.6 Å². The highest BCUT2D eigenvalue weighted by Gasteiger charge is 2.36. The number of aromatic amines is 1. The molecule has 2 aliphatic rings. The highest BCUT2D eigenvalue weighted by Crippen LogP contribution is 2.35. The first-order valence-corrected chi connectivity index (χ1v) is 12.6. The third kappa shape index (κ3) is 8.31. The number of halogens is 3. The Kier molecular flexibility index (Phi) is 8.90. The van der Waals surface area contributed by atoms with Gasteiger partial charge >= 0.3 is 6.36 Å². The van der Waals surface area contributed by atoms with Crippen molar-refractivity contribution in [3.8, 4) is 11.3 Å². The predicted octanol–water partition coefficient (Wildman–Crippen LogP) is 2.82. The maximum atomic E-state index is 13.2. The van der Waals surface area contributed by atoms with Crippen molar-refractivity contribution >= 4 is 29.7 Å². The number of hydrogen-bond acceptors (Lipinski definition) is 6. The Morgan fingerprint density at radius 1 is 1.15 bits per heavy atom. The van der Waals surface area contributed by atoms with Crippen molar-refractivity contribution in [2.75, 3.05) is 13.2 Å². The molecule has 1 aromatic heterocycles. The standard InChI is InChI=1S/C26H28F3N5O5/c27-26(28,29)39-14-22(35)20(11-17-8-9-30-23(17)36)32-24(37)18(10-15-6-7-15)13-31-25(38)21-12-19(33-34-21)16-4-2-1-3-5-16/h1-5,12-13,15,17-18,20H,6-11,14H2,(H,30,36)(H,32,37)(H,33,34)/b31-13+/t17-,18?,20-/m0/s1. The summed E-state index contributed by atoms with van der Waals surface area (Å²) in [5.74, 6) is -4.00. The van der Waals surface area contributed by atoms with E-state index in [9.17, 15) is 32.3 Å². The molecule has 0 bridgehead atoms. The lowest BCUT2D eigenvalue weighted by atomic mass is 9.94. The minimum Gasteiger partial charge on any atom is -0.356 e. The third-order valence-electron chi connectivity index (χ3n) is 6.64. The summed E-state index contributed by atoms with van der Waals surface area (Å²) < 4.78 is 41.2. The van der Waals surface area contributed by atoms with Crippen molar-refractivity contribution in [2.45, 2.75) is 44.5 Å². The van der Waals surface area contributed by atoms with Crippen LogP contribution in [0.3, 0.4) is 0 Å². The SMILES string of the molecule is O=C(/N=C/C(CC1CC1)C(=O)N[C@@H](C[C@@H]1CCNC1=O)C(=O)COC(F)(F)F)c1cc(-c2ccccc2)n[nH]1. The molecule has 3 atom stereocenters. The first kappa shape index (κ1) is 28.1. The van der Waals surface area contributed by atoms with Gasteiger partial charge in [0.05, 0.1) is 17.7 Å². The van der Waals surface area contributed by atoms with Crippen molar-refractivity contribution in [3.05, 3.63) is 42.1 Å². The average Bonchev–Trinajstić information content (AvgIpc) is 3.42. The van der Waals surface area contributed by atoms with Crippen molar-refractivity contribution in [1.82, 2.24) is 20.8 Å². The number of amides is 3. The van der Waals surface area contributed by atoms with E-state index in [-0.39, 0.29) is 23.9 Å². The summed E-state index contributed by atoms with van der Waals surface area (Å²) >= 11 is 0. The van der Waals surface area contributed by atoms with Gasteiger partial charge in [0.25, 0.3) is 5.91 Å². The molecule has 2 heterocycles. The minimum absolute atomic E-state index is 0.111. The van der Waals surface area contributed by atoms with Crippen LogP contribution < -0.4 is 10.6 Å². The molecule has 3 amide bonds. The van der Waals surface area contributed by atoms with Gasteiger partial charge in [0.15, 0.2) is 5.78 Å². The topological polar surface area (TPSA) is 143 Å². The second-order valence-electron chi connectivity index (χ2n) is 9.68. The largest absolute Gasteiger partial charge is 0.522 e. The fourth-order valence-corrected chi connectivity index (χ4v) is 4.32. The second-order valence-corrected chi connectivity index (χ2v) is 9.68. The van der Waals surface area contributed by atoms with Crippen LogP contribution in [0.2, 0.25) is 0 Å². The molecule has 1 saturated heterocycles. The average molecular weight is 548 g/mol. The van der Waals surface area contributed by atoms with Gasteiger partial charge in [-0.3, -0.25) is 29.0 Å². The fourth-order valence-electron chi connectivity index (χ4n) is 4.32. The number of alkyl halides is 3. The number of ketones is 1. The Hall–Kier alpha value is -3.87. The molecule has 1 aliphatic carbocycles. The van der Waals surface area contributed by atoms with E-state index < -0.39 is 48.4 Å². The highest BCUT2D eigenvalue weighted by molar-refractivity contribution is 6.03. The monoisotopic (exact) mass is 547 g/mol. The van der Waals surface area contributed by atoms with Crippen molar-refractivity contribution in [3.63, 3.8) is 0 Å². The fraction of sp³-hybridized carbons (Fsp3) is 0.462. The van der Waals surface area contributed by atoms with Gasteiger partial charge in [-0.05, 0) is 31.2 Å². The molecule has 1 saturated carbocycles. The van der Waals surface area contributed by atoms with E-state index in [4.69, 9.17) is 0 Å². The van der Waals surface area contributed by atoms with Crippen molar-refractivity contribution in [1.29, 1.82) is 0 Å². The summed E-state index contributed by atoms with van der Waals surface area (Å²) in [4.78, 5) is 54.4. The van der Waals surface area contributed by atoms with E-state index >= 15 is 0 Å². The van der Waals surface area contributed by atoms with Crippen molar-refractivity contribution in [2.24, 2.45) is 22.7 Å². The number of carbonyl (C=O) groups excluding carboxylic acids is 4. The number of carbonyl (C=O) groups is 4. The van der Waals surface area contributed by atoms with Gasteiger partial charge in [-0.15, -0.1) is 13.2 Å². The molecule has 2 aromatic rings. The molecule has 1 aliphatic heterocycles. The number of rotatable bonds is 12. The number of nitrogens with zero attached hydrogens (tertiary/aromatic N) is 2. The molecule has 0 spiro atoms. The molecular formula is C26H28F3N5O5. The minimum atomic E-state index is -5.02. The molecule has 1 aromatic carbocycles.